The smallest absolute Gasteiger partial charge is 0.146 e. The van der Waals surface area contributed by atoms with Crippen LogP contribution in [0.3, 0.4) is 0 Å². The van der Waals surface area contributed by atoms with Crippen LogP contribution in [0.25, 0.3) is 0 Å². The van der Waals surface area contributed by atoms with Crippen LogP contribution in [-0.2, 0) is 4.79 Å². The highest BCUT2D eigenvalue weighted by molar-refractivity contribution is 8.00. The van der Waals surface area contributed by atoms with Crippen LogP contribution in [0.1, 0.15) is 19.3 Å². The largest absolute Gasteiger partial charge is 0.298 e. The van der Waals surface area contributed by atoms with Crippen LogP contribution in [-0.4, -0.2) is 11.0 Å². The third-order valence-electron chi connectivity index (χ3n) is 2.42. The van der Waals surface area contributed by atoms with E-state index in [-0.39, 0.29) is 5.25 Å². The van der Waals surface area contributed by atoms with Gasteiger partial charge in [0.1, 0.15) is 5.78 Å². The van der Waals surface area contributed by atoms with Gasteiger partial charge >= 0.3 is 0 Å². The second-order valence-corrected chi connectivity index (χ2v) is 5.63. The van der Waals surface area contributed by atoms with Crippen molar-refractivity contribution >= 4 is 40.7 Å². The molecule has 0 heterocycles. The minimum Gasteiger partial charge on any atom is -0.298 e. The molecule has 80 valence electrons. The van der Waals surface area contributed by atoms with Crippen molar-refractivity contribution in [3.63, 3.8) is 0 Å². The number of thioether (sulfide) groups is 1. The second-order valence-electron chi connectivity index (χ2n) is 3.54. The summed E-state index contributed by atoms with van der Waals surface area (Å²) in [5.74, 6) is 0.353. The minimum absolute atomic E-state index is 0.113. The number of carbonyl (C=O) groups excluding carboxylic acids is 1. The van der Waals surface area contributed by atoms with Gasteiger partial charge in [-0.2, -0.15) is 0 Å². The van der Waals surface area contributed by atoms with Gasteiger partial charge in [-0.3, -0.25) is 4.79 Å². The van der Waals surface area contributed by atoms with Gasteiger partial charge in [0, 0.05) is 11.3 Å². The second kappa shape index (κ2) is 4.77. The summed E-state index contributed by atoms with van der Waals surface area (Å²) in [6.45, 7) is 0. The Bertz CT molecular complexity index is 392. The quantitative estimate of drug-likeness (QED) is 0.793. The summed E-state index contributed by atoms with van der Waals surface area (Å²) in [6, 6.07) is 5.50. The molecule has 0 aromatic heterocycles. The van der Waals surface area contributed by atoms with E-state index in [0.717, 1.165) is 24.2 Å². The molecule has 1 unspecified atom stereocenters. The highest BCUT2D eigenvalue weighted by Crippen LogP contribution is 2.35. The lowest BCUT2D eigenvalue weighted by Gasteiger charge is -2.08. The summed E-state index contributed by atoms with van der Waals surface area (Å²) in [5.41, 5.74) is 0. The van der Waals surface area contributed by atoms with Crippen molar-refractivity contribution in [2.24, 2.45) is 0 Å². The Balaban J connectivity index is 2.10. The first-order chi connectivity index (χ1) is 7.16. The van der Waals surface area contributed by atoms with Crippen molar-refractivity contribution < 1.29 is 4.79 Å². The van der Waals surface area contributed by atoms with Crippen LogP contribution in [0.15, 0.2) is 23.1 Å². The maximum Gasteiger partial charge on any atom is 0.146 e. The first-order valence-corrected chi connectivity index (χ1v) is 6.45. The zero-order chi connectivity index (χ0) is 10.8. The lowest BCUT2D eigenvalue weighted by molar-refractivity contribution is -0.116. The lowest BCUT2D eigenvalue weighted by atomic mass is 10.3. The summed E-state index contributed by atoms with van der Waals surface area (Å²) >= 11 is 13.3. The molecule has 0 N–H and O–H groups in total. The van der Waals surface area contributed by atoms with Crippen molar-refractivity contribution in [1.29, 1.82) is 0 Å². The lowest BCUT2D eigenvalue weighted by Crippen LogP contribution is -2.07. The van der Waals surface area contributed by atoms with Gasteiger partial charge < -0.3 is 0 Å². The molecule has 1 atom stereocenters. The van der Waals surface area contributed by atoms with Crippen molar-refractivity contribution in [1.82, 2.24) is 0 Å². The van der Waals surface area contributed by atoms with Crippen LogP contribution in [0.2, 0.25) is 10.0 Å². The molecular weight excluding hydrogens is 251 g/mol. The number of ketones is 1. The van der Waals surface area contributed by atoms with E-state index in [0.29, 0.717) is 15.8 Å². The molecule has 0 radical (unpaired) electrons. The molecule has 4 heteroatoms. The molecule has 1 aromatic rings. The van der Waals surface area contributed by atoms with E-state index in [4.69, 9.17) is 23.2 Å². The number of halogens is 2. The zero-order valence-corrected chi connectivity index (χ0v) is 10.3. The number of benzene rings is 1. The number of rotatable bonds is 2. The molecule has 0 bridgehead atoms. The fourth-order valence-electron chi connectivity index (χ4n) is 1.62. The van der Waals surface area contributed by atoms with Crippen LogP contribution in [0, 0.1) is 0 Å². The van der Waals surface area contributed by atoms with Crippen LogP contribution >= 0.6 is 35.0 Å². The third-order valence-corrected chi connectivity index (χ3v) is 4.47. The molecule has 1 aliphatic carbocycles. The number of carbonyl (C=O) groups is 1. The molecule has 0 aliphatic heterocycles. The fraction of sp³-hybridized carbons (Fsp3) is 0.364. The van der Waals surface area contributed by atoms with Gasteiger partial charge in [-0.15, -0.1) is 11.8 Å². The first-order valence-electron chi connectivity index (χ1n) is 4.81. The van der Waals surface area contributed by atoms with Crippen molar-refractivity contribution in [2.45, 2.75) is 29.4 Å². The van der Waals surface area contributed by atoms with Gasteiger partial charge in [-0.25, -0.2) is 0 Å². The topological polar surface area (TPSA) is 17.1 Å². The van der Waals surface area contributed by atoms with E-state index in [1.165, 1.54) is 0 Å². The van der Waals surface area contributed by atoms with Crippen LogP contribution in [0.5, 0.6) is 0 Å². The molecule has 0 saturated heterocycles. The predicted molar refractivity (Wildman–Crippen MR) is 65.0 cm³/mol. The minimum atomic E-state index is 0.113. The Morgan fingerprint density at radius 2 is 2.07 bits per heavy atom. The van der Waals surface area contributed by atoms with E-state index >= 15 is 0 Å². The average molecular weight is 261 g/mol. The summed E-state index contributed by atoms with van der Waals surface area (Å²) in [5, 5.41) is 1.22. The van der Waals surface area contributed by atoms with Crippen LogP contribution in [0.4, 0.5) is 0 Å². The number of Topliss-reactive ketones (excluding diaryl/α,β-unsaturated/α-hetero) is 1. The van der Waals surface area contributed by atoms with Gasteiger partial charge in [-0.05, 0) is 31.0 Å². The van der Waals surface area contributed by atoms with Crippen LogP contribution < -0.4 is 0 Å². The van der Waals surface area contributed by atoms with Gasteiger partial charge in [0.05, 0.1) is 15.3 Å². The van der Waals surface area contributed by atoms with Crippen molar-refractivity contribution in [3.05, 3.63) is 28.2 Å². The van der Waals surface area contributed by atoms with E-state index < -0.39 is 0 Å². The van der Waals surface area contributed by atoms with Gasteiger partial charge in [0.2, 0.25) is 0 Å². The zero-order valence-electron chi connectivity index (χ0n) is 8.00. The molecule has 15 heavy (non-hydrogen) atoms. The predicted octanol–water partition coefficient (Wildman–Crippen LogP) is 4.21. The summed E-state index contributed by atoms with van der Waals surface area (Å²) < 4.78 is 0. The van der Waals surface area contributed by atoms with E-state index in [2.05, 4.69) is 0 Å². The van der Waals surface area contributed by atoms with Crippen molar-refractivity contribution in [2.75, 3.05) is 0 Å². The molecule has 1 aromatic carbocycles. The molecule has 1 fully saturated rings. The molecule has 1 nitrogen and oxygen atoms in total. The fourth-order valence-corrected chi connectivity index (χ4v) is 3.18. The van der Waals surface area contributed by atoms with E-state index in [1.54, 1.807) is 17.8 Å². The van der Waals surface area contributed by atoms with Gasteiger partial charge in [0.15, 0.2) is 0 Å². The maximum absolute atomic E-state index is 11.5. The molecule has 2 rings (SSSR count). The number of hydrogen-bond acceptors (Lipinski definition) is 2. The normalized spacial score (nSPS) is 20.9. The maximum atomic E-state index is 11.5. The van der Waals surface area contributed by atoms with Crippen molar-refractivity contribution in [3.8, 4) is 0 Å². The summed E-state index contributed by atoms with van der Waals surface area (Å²) in [6.07, 6.45) is 2.71. The SMILES string of the molecule is O=C1CCCC1Sc1ccc(Cl)c(Cl)c1. The molecular formula is C11H10Cl2OS. The summed E-state index contributed by atoms with van der Waals surface area (Å²) in [4.78, 5) is 12.5. The third kappa shape index (κ3) is 2.68. The highest BCUT2D eigenvalue weighted by Gasteiger charge is 2.25. The first kappa shape index (κ1) is 11.3. The average Bonchev–Trinajstić information content (AvgIpc) is 2.59. The Morgan fingerprint density at radius 1 is 1.27 bits per heavy atom. The van der Waals surface area contributed by atoms with E-state index in [1.807, 2.05) is 12.1 Å². The number of hydrogen-bond donors (Lipinski definition) is 0. The Labute approximate surface area is 103 Å². The Morgan fingerprint density at radius 3 is 2.67 bits per heavy atom. The molecule has 1 aliphatic rings. The summed E-state index contributed by atoms with van der Waals surface area (Å²) in [7, 11) is 0. The molecule has 1 saturated carbocycles. The standard InChI is InChI=1S/C11H10Cl2OS/c12-8-5-4-7(6-9(8)13)15-11-3-1-2-10(11)14/h4-6,11H,1-3H2. The Kier molecular flexibility index (Phi) is 3.60. The van der Waals surface area contributed by atoms with Gasteiger partial charge in [-0.1, -0.05) is 23.2 Å². The Hall–Kier alpha value is -0.180. The molecule has 0 spiro atoms. The highest BCUT2D eigenvalue weighted by atomic mass is 35.5. The molecule has 0 amide bonds. The van der Waals surface area contributed by atoms with Gasteiger partial charge in [0.25, 0.3) is 0 Å². The monoisotopic (exact) mass is 260 g/mol. The van der Waals surface area contributed by atoms with E-state index in [9.17, 15) is 4.79 Å².